The predicted octanol–water partition coefficient (Wildman–Crippen LogP) is 1.78. The summed E-state index contributed by atoms with van der Waals surface area (Å²) in [6, 6.07) is 3.56. The Hall–Kier alpha value is -1.55. The van der Waals surface area contributed by atoms with Gasteiger partial charge < -0.3 is 14.6 Å². The highest BCUT2D eigenvalue weighted by atomic mass is 16.5. The van der Waals surface area contributed by atoms with Gasteiger partial charge in [0.1, 0.15) is 5.75 Å². The number of carbonyl (C=O) groups is 1. The van der Waals surface area contributed by atoms with Crippen molar-refractivity contribution in [3.63, 3.8) is 0 Å². The monoisotopic (exact) mass is 250 g/mol. The third kappa shape index (κ3) is 2.20. The number of esters is 1. The van der Waals surface area contributed by atoms with Crippen molar-refractivity contribution in [2.24, 2.45) is 0 Å². The summed E-state index contributed by atoms with van der Waals surface area (Å²) in [4.78, 5) is 11.6. The molecule has 0 fully saturated rings. The fraction of sp³-hybridized carbons (Fsp3) is 0.500. The normalized spacial score (nSPS) is 15.1. The van der Waals surface area contributed by atoms with Gasteiger partial charge in [0.2, 0.25) is 0 Å². The molecule has 0 heterocycles. The standard InChI is InChI=1S/C14H18O4/c1-3-18-14(16)13(15)11-7-8-12(17-2)10-6-4-5-9(10)11/h7-8,13,15H,3-6H2,1-2H3. The molecule has 0 saturated carbocycles. The number of aliphatic hydroxyl groups excluding tert-OH is 1. The van der Waals surface area contributed by atoms with Gasteiger partial charge in [-0.3, -0.25) is 0 Å². The Bertz CT molecular complexity index is 453. The van der Waals surface area contributed by atoms with E-state index >= 15 is 0 Å². The molecular weight excluding hydrogens is 232 g/mol. The molecule has 4 heteroatoms. The molecule has 1 aromatic carbocycles. The molecule has 0 spiro atoms. The van der Waals surface area contributed by atoms with Gasteiger partial charge in [0, 0.05) is 0 Å². The van der Waals surface area contributed by atoms with Crippen LogP contribution in [0, 0.1) is 0 Å². The molecule has 0 aromatic heterocycles. The summed E-state index contributed by atoms with van der Waals surface area (Å²) in [5, 5.41) is 10.0. The Morgan fingerprint density at radius 1 is 1.39 bits per heavy atom. The lowest BCUT2D eigenvalue weighted by atomic mass is 9.98. The lowest BCUT2D eigenvalue weighted by molar-refractivity contribution is -0.153. The maximum Gasteiger partial charge on any atom is 0.339 e. The number of benzene rings is 1. The van der Waals surface area contributed by atoms with Gasteiger partial charge in [-0.15, -0.1) is 0 Å². The fourth-order valence-corrected chi connectivity index (χ4v) is 2.50. The first-order valence-corrected chi connectivity index (χ1v) is 6.22. The molecule has 0 radical (unpaired) electrons. The van der Waals surface area contributed by atoms with Gasteiger partial charge in [0.25, 0.3) is 0 Å². The van der Waals surface area contributed by atoms with Crippen LogP contribution in [0.4, 0.5) is 0 Å². The topological polar surface area (TPSA) is 55.8 Å². The van der Waals surface area contributed by atoms with Gasteiger partial charge in [-0.1, -0.05) is 6.07 Å². The summed E-state index contributed by atoms with van der Waals surface area (Å²) < 4.78 is 10.2. The van der Waals surface area contributed by atoms with Crippen LogP contribution in [0.25, 0.3) is 0 Å². The lowest BCUT2D eigenvalue weighted by Crippen LogP contribution is -2.17. The van der Waals surface area contributed by atoms with Crippen molar-refractivity contribution in [2.45, 2.75) is 32.3 Å². The highest BCUT2D eigenvalue weighted by Crippen LogP contribution is 2.35. The number of fused-ring (bicyclic) bond motifs is 1. The number of hydrogen-bond acceptors (Lipinski definition) is 4. The Labute approximate surface area is 107 Å². The minimum atomic E-state index is -1.19. The second-order valence-corrected chi connectivity index (χ2v) is 4.32. The third-order valence-electron chi connectivity index (χ3n) is 3.30. The molecule has 98 valence electrons. The largest absolute Gasteiger partial charge is 0.496 e. The summed E-state index contributed by atoms with van der Waals surface area (Å²) in [5.41, 5.74) is 2.80. The van der Waals surface area contributed by atoms with Gasteiger partial charge in [-0.25, -0.2) is 4.79 Å². The van der Waals surface area contributed by atoms with Gasteiger partial charge in [-0.05, 0) is 48.9 Å². The lowest BCUT2D eigenvalue weighted by Gasteiger charge is -2.16. The quantitative estimate of drug-likeness (QED) is 0.828. The zero-order chi connectivity index (χ0) is 13.1. The van der Waals surface area contributed by atoms with E-state index in [4.69, 9.17) is 9.47 Å². The van der Waals surface area contributed by atoms with Crippen LogP contribution in [-0.4, -0.2) is 24.8 Å². The van der Waals surface area contributed by atoms with Crippen molar-refractivity contribution in [2.75, 3.05) is 13.7 Å². The number of methoxy groups -OCH3 is 1. The van der Waals surface area contributed by atoms with E-state index in [1.54, 1.807) is 20.1 Å². The van der Waals surface area contributed by atoms with Crippen molar-refractivity contribution in [1.29, 1.82) is 0 Å². The molecule has 0 aliphatic heterocycles. The van der Waals surface area contributed by atoms with E-state index < -0.39 is 12.1 Å². The molecule has 0 saturated heterocycles. The molecule has 1 N–H and O–H groups in total. The highest BCUT2D eigenvalue weighted by molar-refractivity contribution is 5.77. The van der Waals surface area contributed by atoms with Gasteiger partial charge in [0.05, 0.1) is 13.7 Å². The molecule has 1 unspecified atom stereocenters. The zero-order valence-corrected chi connectivity index (χ0v) is 10.7. The van der Waals surface area contributed by atoms with Gasteiger partial charge >= 0.3 is 5.97 Å². The molecular formula is C14H18O4. The van der Waals surface area contributed by atoms with E-state index in [1.807, 2.05) is 6.07 Å². The second kappa shape index (κ2) is 5.40. The average molecular weight is 250 g/mol. The minimum absolute atomic E-state index is 0.272. The van der Waals surface area contributed by atoms with Crippen LogP contribution in [0.15, 0.2) is 12.1 Å². The van der Waals surface area contributed by atoms with Crippen molar-refractivity contribution >= 4 is 5.97 Å². The predicted molar refractivity (Wildman–Crippen MR) is 66.6 cm³/mol. The van der Waals surface area contributed by atoms with E-state index in [2.05, 4.69) is 0 Å². The molecule has 0 bridgehead atoms. The maximum atomic E-state index is 11.6. The third-order valence-corrected chi connectivity index (χ3v) is 3.30. The summed E-state index contributed by atoms with van der Waals surface area (Å²) in [5.74, 6) is 0.249. The number of carbonyl (C=O) groups excluding carboxylic acids is 1. The first-order chi connectivity index (χ1) is 8.69. The molecule has 0 amide bonds. The molecule has 18 heavy (non-hydrogen) atoms. The van der Waals surface area contributed by atoms with Crippen LogP contribution >= 0.6 is 0 Å². The highest BCUT2D eigenvalue weighted by Gasteiger charge is 2.26. The van der Waals surface area contributed by atoms with E-state index in [9.17, 15) is 9.90 Å². The zero-order valence-electron chi connectivity index (χ0n) is 10.7. The van der Waals surface area contributed by atoms with E-state index in [-0.39, 0.29) is 6.61 Å². The van der Waals surface area contributed by atoms with Crippen LogP contribution in [0.3, 0.4) is 0 Å². The number of hydrogen-bond donors (Lipinski definition) is 1. The summed E-state index contributed by atoms with van der Waals surface area (Å²) in [6.07, 6.45) is 1.64. The molecule has 1 aliphatic rings. The van der Waals surface area contributed by atoms with E-state index in [1.165, 1.54) is 0 Å². The minimum Gasteiger partial charge on any atom is -0.496 e. The number of ether oxygens (including phenoxy) is 2. The average Bonchev–Trinajstić information content (AvgIpc) is 2.86. The second-order valence-electron chi connectivity index (χ2n) is 4.32. The van der Waals surface area contributed by atoms with Crippen molar-refractivity contribution in [1.82, 2.24) is 0 Å². The molecule has 2 rings (SSSR count). The maximum absolute atomic E-state index is 11.6. The van der Waals surface area contributed by atoms with Crippen LogP contribution in [0.1, 0.15) is 36.1 Å². The Kier molecular flexibility index (Phi) is 3.87. The fourth-order valence-electron chi connectivity index (χ4n) is 2.50. The first-order valence-electron chi connectivity index (χ1n) is 6.22. The van der Waals surface area contributed by atoms with Crippen molar-refractivity contribution in [3.8, 4) is 5.75 Å². The van der Waals surface area contributed by atoms with Gasteiger partial charge in [0.15, 0.2) is 6.10 Å². The number of aliphatic hydroxyl groups is 1. The van der Waals surface area contributed by atoms with Crippen LogP contribution in [-0.2, 0) is 22.4 Å². The Morgan fingerprint density at radius 2 is 2.11 bits per heavy atom. The summed E-state index contributed by atoms with van der Waals surface area (Å²) in [7, 11) is 1.63. The Morgan fingerprint density at radius 3 is 2.78 bits per heavy atom. The molecule has 1 atom stereocenters. The van der Waals surface area contributed by atoms with Crippen molar-refractivity contribution in [3.05, 3.63) is 28.8 Å². The smallest absolute Gasteiger partial charge is 0.339 e. The van der Waals surface area contributed by atoms with E-state index in [0.717, 1.165) is 36.1 Å². The first kappa shape index (κ1) is 12.9. The molecule has 1 aliphatic carbocycles. The SMILES string of the molecule is CCOC(=O)C(O)c1ccc(OC)c2c1CCC2. The number of rotatable bonds is 4. The molecule has 4 nitrogen and oxygen atoms in total. The van der Waals surface area contributed by atoms with Crippen LogP contribution in [0.2, 0.25) is 0 Å². The van der Waals surface area contributed by atoms with E-state index in [0.29, 0.717) is 5.56 Å². The molecule has 1 aromatic rings. The van der Waals surface area contributed by atoms with Gasteiger partial charge in [-0.2, -0.15) is 0 Å². The summed E-state index contributed by atoms with van der Waals surface area (Å²) in [6.45, 7) is 2.00. The Balaban J connectivity index is 2.35. The van der Waals surface area contributed by atoms with Crippen LogP contribution < -0.4 is 4.74 Å². The summed E-state index contributed by atoms with van der Waals surface area (Å²) >= 11 is 0. The van der Waals surface area contributed by atoms with Crippen molar-refractivity contribution < 1.29 is 19.4 Å². The van der Waals surface area contributed by atoms with Crippen LogP contribution in [0.5, 0.6) is 5.75 Å².